The quantitative estimate of drug-likeness (QED) is 0.711. The summed E-state index contributed by atoms with van der Waals surface area (Å²) < 4.78 is 1.57. The molecule has 5 nitrogen and oxygen atoms in total. The molecule has 0 saturated carbocycles. The van der Waals surface area contributed by atoms with Crippen molar-refractivity contribution in [2.45, 2.75) is 31.8 Å². The third kappa shape index (κ3) is 1.39. The smallest absolute Gasteiger partial charge is 0.341 e. The van der Waals surface area contributed by atoms with Gasteiger partial charge in [0, 0.05) is 5.69 Å². The number of aromatic nitrogens is 2. The predicted molar refractivity (Wildman–Crippen MR) is 49.7 cm³/mol. The van der Waals surface area contributed by atoms with Crippen molar-refractivity contribution < 1.29 is 9.90 Å². The van der Waals surface area contributed by atoms with E-state index in [-0.39, 0.29) is 0 Å². The highest BCUT2D eigenvalue weighted by Crippen LogP contribution is 2.21. The first-order valence-electron chi connectivity index (χ1n) is 4.73. The number of carboxylic acid groups (broad SMARTS) is 1. The minimum atomic E-state index is -1.02. The maximum atomic E-state index is 10.7. The second-order valence-corrected chi connectivity index (χ2v) is 3.54. The molecule has 1 heterocycles. The van der Waals surface area contributed by atoms with Crippen LogP contribution in [0.25, 0.3) is 0 Å². The van der Waals surface area contributed by atoms with Gasteiger partial charge in [-0.2, -0.15) is 0 Å². The van der Waals surface area contributed by atoms with Crippen LogP contribution in [0.3, 0.4) is 0 Å². The minimum Gasteiger partial charge on any atom is -0.479 e. The van der Waals surface area contributed by atoms with E-state index in [1.165, 1.54) is 6.33 Å². The molecule has 1 aromatic heterocycles. The molecule has 2 rings (SSSR count). The van der Waals surface area contributed by atoms with E-state index in [0.29, 0.717) is 0 Å². The number of hydrogen-bond donors (Lipinski definition) is 2. The molecule has 0 radical (unpaired) electrons. The second-order valence-electron chi connectivity index (χ2n) is 3.54. The van der Waals surface area contributed by atoms with Crippen LogP contribution in [-0.2, 0) is 17.6 Å². The number of imidazole rings is 1. The standard InChI is InChI=1S/C9H13N3O2/c10-8(9(13)14)12-5-11-6-3-1-2-4-7(6)12/h5,8H,1-4,10H2,(H,13,14). The fraction of sp³-hybridized carbons (Fsp3) is 0.556. The topological polar surface area (TPSA) is 81.1 Å². The van der Waals surface area contributed by atoms with E-state index in [0.717, 1.165) is 37.1 Å². The average molecular weight is 195 g/mol. The van der Waals surface area contributed by atoms with Crippen molar-refractivity contribution in [1.29, 1.82) is 0 Å². The van der Waals surface area contributed by atoms with Gasteiger partial charge in [-0.05, 0) is 25.7 Å². The Labute approximate surface area is 81.5 Å². The van der Waals surface area contributed by atoms with Crippen LogP contribution in [0.5, 0.6) is 0 Å². The molecule has 0 fully saturated rings. The molecule has 5 heteroatoms. The first-order chi connectivity index (χ1) is 6.70. The molecule has 3 N–H and O–H groups in total. The number of fused-ring (bicyclic) bond motifs is 1. The maximum Gasteiger partial charge on any atom is 0.341 e. The Bertz CT molecular complexity index is 359. The zero-order valence-corrected chi connectivity index (χ0v) is 7.81. The molecule has 0 amide bonds. The van der Waals surface area contributed by atoms with E-state index < -0.39 is 12.1 Å². The predicted octanol–water partition coefficient (Wildman–Crippen LogP) is 0.304. The Kier molecular flexibility index (Phi) is 2.25. The van der Waals surface area contributed by atoms with E-state index in [9.17, 15) is 4.79 Å². The largest absolute Gasteiger partial charge is 0.479 e. The molecule has 1 aliphatic carbocycles. The van der Waals surface area contributed by atoms with Gasteiger partial charge in [0.2, 0.25) is 0 Å². The van der Waals surface area contributed by atoms with Gasteiger partial charge < -0.3 is 15.4 Å². The average Bonchev–Trinajstić information content (AvgIpc) is 2.60. The van der Waals surface area contributed by atoms with Gasteiger partial charge in [0.05, 0.1) is 12.0 Å². The van der Waals surface area contributed by atoms with Crippen molar-refractivity contribution in [2.75, 3.05) is 0 Å². The van der Waals surface area contributed by atoms with Crippen LogP contribution in [0.4, 0.5) is 0 Å². The van der Waals surface area contributed by atoms with Crippen molar-refractivity contribution >= 4 is 5.97 Å². The van der Waals surface area contributed by atoms with Crippen molar-refractivity contribution in [1.82, 2.24) is 9.55 Å². The van der Waals surface area contributed by atoms with E-state index in [2.05, 4.69) is 4.98 Å². The molecule has 0 aromatic carbocycles. The second kappa shape index (κ2) is 3.42. The lowest BCUT2D eigenvalue weighted by molar-refractivity contribution is -0.140. The van der Waals surface area contributed by atoms with Crippen LogP contribution < -0.4 is 5.73 Å². The van der Waals surface area contributed by atoms with Gasteiger partial charge in [-0.15, -0.1) is 0 Å². The molecule has 1 unspecified atom stereocenters. The number of hydrogen-bond acceptors (Lipinski definition) is 3. The van der Waals surface area contributed by atoms with Crippen molar-refractivity contribution in [3.05, 3.63) is 17.7 Å². The fourth-order valence-electron chi connectivity index (χ4n) is 1.85. The summed E-state index contributed by atoms with van der Waals surface area (Å²) in [5.41, 5.74) is 7.53. The lowest BCUT2D eigenvalue weighted by atomic mass is 10.0. The summed E-state index contributed by atoms with van der Waals surface area (Å²) in [5, 5.41) is 8.78. The van der Waals surface area contributed by atoms with Crippen LogP contribution in [0.2, 0.25) is 0 Å². The van der Waals surface area contributed by atoms with Crippen molar-refractivity contribution in [3.63, 3.8) is 0 Å². The number of aliphatic carboxylic acids is 1. The van der Waals surface area contributed by atoms with Gasteiger partial charge in [-0.3, -0.25) is 0 Å². The summed E-state index contributed by atoms with van der Waals surface area (Å²) in [6, 6.07) is 0. The summed E-state index contributed by atoms with van der Waals surface area (Å²) >= 11 is 0. The monoisotopic (exact) mass is 195 g/mol. The zero-order chi connectivity index (χ0) is 10.1. The Morgan fingerprint density at radius 2 is 2.29 bits per heavy atom. The summed E-state index contributed by atoms with van der Waals surface area (Å²) in [4.78, 5) is 14.9. The van der Waals surface area contributed by atoms with Gasteiger partial charge in [0.15, 0.2) is 6.17 Å². The summed E-state index contributed by atoms with van der Waals surface area (Å²) in [6.07, 6.45) is 4.58. The van der Waals surface area contributed by atoms with Crippen molar-refractivity contribution in [2.24, 2.45) is 5.73 Å². The highest BCUT2D eigenvalue weighted by Gasteiger charge is 2.21. The first kappa shape index (κ1) is 9.21. The van der Waals surface area contributed by atoms with Crippen LogP contribution in [-0.4, -0.2) is 20.6 Å². The van der Waals surface area contributed by atoms with Gasteiger partial charge in [0.1, 0.15) is 0 Å². The number of aryl methyl sites for hydroxylation is 1. The number of rotatable bonds is 2. The molecule has 0 spiro atoms. The normalized spacial score (nSPS) is 17.5. The first-order valence-corrected chi connectivity index (χ1v) is 4.73. The lowest BCUT2D eigenvalue weighted by Crippen LogP contribution is -2.28. The summed E-state index contributed by atoms with van der Waals surface area (Å²) in [5.74, 6) is -1.02. The number of nitrogens with zero attached hydrogens (tertiary/aromatic N) is 2. The molecule has 76 valence electrons. The van der Waals surface area contributed by atoms with E-state index >= 15 is 0 Å². The van der Waals surface area contributed by atoms with Crippen LogP contribution in [0.1, 0.15) is 30.4 Å². The third-order valence-electron chi connectivity index (χ3n) is 2.61. The Hall–Kier alpha value is -1.36. The molecular formula is C9H13N3O2. The molecule has 0 bridgehead atoms. The Morgan fingerprint density at radius 3 is 3.00 bits per heavy atom. The molecule has 1 atom stereocenters. The number of carbonyl (C=O) groups is 1. The van der Waals surface area contributed by atoms with Gasteiger partial charge in [-0.1, -0.05) is 0 Å². The molecule has 1 aliphatic rings. The highest BCUT2D eigenvalue weighted by atomic mass is 16.4. The van der Waals surface area contributed by atoms with Crippen LogP contribution >= 0.6 is 0 Å². The molecule has 14 heavy (non-hydrogen) atoms. The maximum absolute atomic E-state index is 10.7. The van der Waals surface area contributed by atoms with Gasteiger partial charge in [-0.25, -0.2) is 9.78 Å². The van der Waals surface area contributed by atoms with Crippen molar-refractivity contribution in [3.8, 4) is 0 Å². The minimum absolute atomic E-state index is 0.885. The number of nitrogens with two attached hydrogens (primary N) is 1. The van der Waals surface area contributed by atoms with Gasteiger partial charge in [0.25, 0.3) is 0 Å². The Balaban J connectivity index is 2.34. The third-order valence-corrected chi connectivity index (χ3v) is 2.61. The summed E-state index contributed by atoms with van der Waals surface area (Å²) in [6.45, 7) is 0. The fourth-order valence-corrected chi connectivity index (χ4v) is 1.85. The summed E-state index contributed by atoms with van der Waals surface area (Å²) in [7, 11) is 0. The van der Waals surface area contributed by atoms with Gasteiger partial charge >= 0.3 is 5.97 Å². The zero-order valence-electron chi connectivity index (χ0n) is 7.81. The van der Waals surface area contributed by atoms with E-state index in [1.54, 1.807) is 4.57 Å². The van der Waals surface area contributed by atoms with Crippen LogP contribution in [0, 0.1) is 0 Å². The van der Waals surface area contributed by atoms with Crippen LogP contribution in [0.15, 0.2) is 6.33 Å². The SMILES string of the molecule is NC(C(=O)O)n1cnc2c1CCCC2. The molecule has 1 aromatic rings. The molecule has 0 saturated heterocycles. The highest BCUT2D eigenvalue weighted by molar-refractivity contribution is 5.71. The Morgan fingerprint density at radius 1 is 1.57 bits per heavy atom. The van der Waals surface area contributed by atoms with E-state index in [4.69, 9.17) is 10.8 Å². The lowest BCUT2D eigenvalue weighted by Gasteiger charge is -2.16. The van der Waals surface area contributed by atoms with E-state index in [1.807, 2.05) is 0 Å². The molecule has 0 aliphatic heterocycles. The number of carboxylic acids is 1. The molecular weight excluding hydrogens is 182 g/mol.